The predicted octanol–water partition coefficient (Wildman–Crippen LogP) is 1.05. The van der Waals surface area contributed by atoms with Gasteiger partial charge in [0, 0.05) is 24.7 Å². The topological polar surface area (TPSA) is 78.5 Å². The number of nitrogens with zero attached hydrogens (tertiary/aromatic N) is 1. The van der Waals surface area contributed by atoms with E-state index in [2.05, 4.69) is 28.8 Å². The molecule has 0 unspecified atom stereocenters. The first-order valence-electron chi connectivity index (χ1n) is 7.33. The number of likely N-dealkylation sites (N-methyl/N-ethyl adjacent to an activating group) is 1. The molecule has 22 heavy (non-hydrogen) atoms. The van der Waals surface area contributed by atoms with E-state index in [1.165, 1.54) is 31.3 Å². The fourth-order valence-corrected chi connectivity index (χ4v) is 2.61. The molecular formula is C15H25N3O3S. The minimum Gasteiger partial charge on any atom is -0.351 e. The van der Waals surface area contributed by atoms with Gasteiger partial charge in [0.05, 0.1) is 4.90 Å². The fraction of sp³-hybridized carbons (Fsp3) is 0.533. The van der Waals surface area contributed by atoms with Gasteiger partial charge in [0.25, 0.3) is 5.91 Å². The number of rotatable bonds is 8. The summed E-state index contributed by atoms with van der Waals surface area (Å²) in [6.45, 7) is 5.59. The summed E-state index contributed by atoms with van der Waals surface area (Å²) in [4.78, 5) is 14.3. The molecule has 0 bridgehead atoms. The van der Waals surface area contributed by atoms with E-state index in [1.54, 1.807) is 0 Å². The van der Waals surface area contributed by atoms with Gasteiger partial charge in [-0.15, -0.1) is 0 Å². The molecule has 1 amide bonds. The Balaban J connectivity index is 2.57. The number of hydrogen-bond donors (Lipinski definition) is 2. The summed E-state index contributed by atoms with van der Waals surface area (Å²) in [5.74, 6) is -0.203. The standard InChI is InChI=1S/C15H25N3O3S/c1-5-12(2)18(4)11-10-17-15(19)13-6-8-14(9-7-13)22(20,21)16-3/h6-9,12,16H,5,10-11H2,1-4H3,(H,17,19)/t12-/m1/s1. The normalized spacial score (nSPS) is 13.1. The number of benzene rings is 1. The summed E-state index contributed by atoms with van der Waals surface area (Å²) in [6, 6.07) is 6.34. The lowest BCUT2D eigenvalue weighted by Gasteiger charge is -2.23. The Bertz CT molecular complexity index is 585. The Morgan fingerprint density at radius 1 is 1.27 bits per heavy atom. The van der Waals surface area contributed by atoms with Gasteiger partial charge in [0.15, 0.2) is 0 Å². The highest BCUT2D eigenvalue weighted by Gasteiger charge is 2.13. The molecular weight excluding hydrogens is 302 g/mol. The van der Waals surface area contributed by atoms with Crippen molar-refractivity contribution < 1.29 is 13.2 Å². The number of hydrogen-bond acceptors (Lipinski definition) is 4. The number of nitrogens with one attached hydrogen (secondary N) is 2. The fourth-order valence-electron chi connectivity index (χ4n) is 1.88. The van der Waals surface area contributed by atoms with E-state index >= 15 is 0 Å². The minimum absolute atomic E-state index is 0.142. The highest BCUT2D eigenvalue weighted by Crippen LogP contribution is 2.10. The highest BCUT2D eigenvalue weighted by atomic mass is 32.2. The molecule has 2 N–H and O–H groups in total. The number of amides is 1. The smallest absolute Gasteiger partial charge is 0.251 e. The van der Waals surface area contributed by atoms with E-state index in [0.717, 1.165) is 13.0 Å². The summed E-state index contributed by atoms with van der Waals surface area (Å²) in [6.07, 6.45) is 1.06. The van der Waals surface area contributed by atoms with Crippen LogP contribution in [0.3, 0.4) is 0 Å². The van der Waals surface area contributed by atoms with Gasteiger partial charge in [-0.05, 0) is 51.7 Å². The number of sulfonamides is 1. The molecule has 1 atom stereocenters. The second-order valence-corrected chi connectivity index (χ2v) is 7.11. The van der Waals surface area contributed by atoms with Crippen LogP contribution in [-0.4, -0.2) is 52.5 Å². The van der Waals surface area contributed by atoms with Gasteiger partial charge in [0.1, 0.15) is 0 Å². The maximum atomic E-state index is 12.0. The molecule has 0 fully saturated rings. The molecule has 0 aliphatic carbocycles. The molecule has 0 spiro atoms. The predicted molar refractivity (Wildman–Crippen MR) is 87.4 cm³/mol. The van der Waals surface area contributed by atoms with Crippen molar-refractivity contribution >= 4 is 15.9 Å². The van der Waals surface area contributed by atoms with Crippen molar-refractivity contribution in [1.82, 2.24) is 14.9 Å². The van der Waals surface area contributed by atoms with Gasteiger partial charge in [-0.25, -0.2) is 13.1 Å². The number of carbonyl (C=O) groups is 1. The van der Waals surface area contributed by atoms with Gasteiger partial charge in [-0.2, -0.15) is 0 Å². The van der Waals surface area contributed by atoms with Gasteiger partial charge in [0.2, 0.25) is 10.0 Å². The molecule has 0 radical (unpaired) electrons. The van der Waals surface area contributed by atoms with Crippen molar-refractivity contribution in [3.8, 4) is 0 Å². The third-order valence-electron chi connectivity index (χ3n) is 3.79. The number of carbonyl (C=O) groups excluding carboxylic acids is 1. The van der Waals surface area contributed by atoms with E-state index in [9.17, 15) is 13.2 Å². The van der Waals surface area contributed by atoms with Gasteiger partial charge in [-0.3, -0.25) is 4.79 Å². The van der Waals surface area contributed by atoms with E-state index in [4.69, 9.17) is 0 Å². The zero-order valence-electron chi connectivity index (χ0n) is 13.6. The van der Waals surface area contributed by atoms with E-state index in [-0.39, 0.29) is 10.8 Å². The van der Waals surface area contributed by atoms with Crippen molar-refractivity contribution in [2.24, 2.45) is 0 Å². The van der Waals surface area contributed by atoms with E-state index < -0.39 is 10.0 Å². The first-order valence-corrected chi connectivity index (χ1v) is 8.82. The van der Waals surface area contributed by atoms with Crippen LogP contribution in [0.25, 0.3) is 0 Å². The summed E-state index contributed by atoms with van der Waals surface area (Å²) in [5.41, 5.74) is 0.446. The molecule has 7 heteroatoms. The van der Waals surface area contributed by atoms with Crippen LogP contribution in [-0.2, 0) is 10.0 Å². The third kappa shape index (κ3) is 5.08. The van der Waals surface area contributed by atoms with Crippen molar-refractivity contribution in [2.75, 3.05) is 27.2 Å². The highest BCUT2D eigenvalue weighted by molar-refractivity contribution is 7.89. The molecule has 1 aromatic carbocycles. The zero-order valence-corrected chi connectivity index (χ0v) is 14.4. The van der Waals surface area contributed by atoms with Gasteiger partial charge < -0.3 is 10.2 Å². The maximum absolute atomic E-state index is 12.0. The van der Waals surface area contributed by atoms with Crippen LogP contribution in [0.1, 0.15) is 30.6 Å². The molecule has 0 aliphatic rings. The second-order valence-electron chi connectivity index (χ2n) is 5.23. The molecule has 6 nitrogen and oxygen atoms in total. The second kappa shape index (κ2) is 8.26. The summed E-state index contributed by atoms with van der Waals surface area (Å²) in [5, 5.41) is 2.84. The molecule has 0 saturated heterocycles. The Morgan fingerprint density at radius 2 is 1.86 bits per heavy atom. The molecule has 1 aromatic rings. The van der Waals surface area contributed by atoms with Crippen molar-refractivity contribution in [3.63, 3.8) is 0 Å². The molecule has 0 aromatic heterocycles. The third-order valence-corrected chi connectivity index (χ3v) is 5.22. The molecule has 1 rings (SSSR count). The van der Waals surface area contributed by atoms with Crippen molar-refractivity contribution in [1.29, 1.82) is 0 Å². The first kappa shape index (κ1) is 18.6. The van der Waals surface area contributed by atoms with Gasteiger partial charge in [-0.1, -0.05) is 6.92 Å². The largest absolute Gasteiger partial charge is 0.351 e. The van der Waals surface area contributed by atoms with Crippen LogP contribution in [0.5, 0.6) is 0 Å². The first-order chi connectivity index (χ1) is 10.3. The summed E-state index contributed by atoms with van der Waals surface area (Å²) >= 11 is 0. The van der Waals surface area contributed by atoms with Crippen LogP contribution in [0.4, 0.5) is 0 Å². The average molecular weight is 327 g/mol. The lowest BCUT2D eigenvalue weighted by Crippen LogP contribution is -2.37. The average Bonchev–Trinajstić information content (AvgIpc) is 2.53. The Morgan fingerprint density at radius 3 is 2.36 bits per heavy atom. The van der Waals surface area contributed by atoms with Crippen LogP contribution in [0, 0.1) is 0 Å². The van der Waals surface area contributed by atoms with Crippen LogP contribution in [0.2, 0.25) is 0 Å². The Hall–Kier alpha value is -1.44. The quantitative estimate of drug-likeness (QED) is 0.748. The lowest BCUT2D eigenvalue weighted by atomic mass is 10.2. The van der Waals surface area contributed by atoms with E-state index in [0.29, 0.717) is 18.2 Å². The summed E-state index contributed by atoms with van der Waals surface area (Å²) in [7, 11) is -0.0932. The summed E-state index contributed by atoms with van der Waals surface area (Å²) < 4.78 is 25.4. The van der Waals surface area contributed by atoms with Crippen molar-refractivity contribution in [3.05, 3.63) is 29.8 Å². The molecule has 124 valence electrons. The Labute approximate surface area is 132 Å². The van der Waals surface area contributed by atoms with Crippen LogP contribution < -0.4 is 10.0 Å². The monoisotopic (exact) mass is 327 g/mol. The molecule has 0 saturated carbocycles. The van der Waals surface area contributed by atoms with Crippen LogP contribution in [0.15, 0.2) is 29.2 Å². The minimum atomic E-state index is -3.47. The SMILES string of the molecule is CC[C@@H](C)N(C)CCNC(=O)c1ccc(S(=O)(=O)NC)cc1. The lowest BCUT2D eigenvalue weighted by molar-refractivity contribution is 0.0947. The molecule has 0 aliphatic heterocycles. The Kier molecular flexibility index (Phi) is 6.99. The van der Waals surface area contributed by atoms with Crippen molar-refractivity contribution in [2.45, 2.75) is 31.2 Å². The zero-order chi connectivity index (χ0) is 16.8. The van der Waals surface area contributed by atoms with Gasteiger partial charge >= 0.3 is 0 Å². The molecule has 0 heterocycles. The van der Waals surface area contributed by atoms with Crippen LogP contribution >= 0.6 is 0 Å². The van der Waals surface area contributed by atoms with E-state index in [1.807, 2.05) is 7.05 Å². The maximum Gasteiger partial charge on any atom is 0.251 e.